The molecule has 0 heterocycles. The monoisotopic (exact) mass is 335 g/mol. The Morgan fingerprint density at radius 3 is 2.56 bits per heavy atom. The lowest BCUT2D eigenvalue weighted by molar-refractivity contribution is -0.143. The summed E-state index contributed by atoms with van der Waals surface area (Å²) in [6, 6.07) is 15.1. The predicted octanol–water partition coefficient (Wildman–Crippen LogP) is 3.31. The molecule has 1 saturated carbocycles. The summed E-state index contributed by atoms with van der Waals surface area (Å²) in [6.45, 7) is 0. The van der Waals surface area contributed by atoms with Crippen LogP contribution < -0.4 is 5.32 Å². The molecule has 1 fully saturated rings. The molecule has 0 atom stereocenters. The number of benzene rings is 2. The van der Waals surface area contributed by atoms with Gasteiger partial charge in [0.15, 0.2) is 0 Å². The van der Waals surface area contributed by atoms with Crippen molar-refractivity contribution in [2.45, 2.75) is 44.1 Å². The van der Waals surface area contributed by atoms with Crippen molar-refractivity contribution in [3.63, 3.8) is 0 Å². The van der Waals surface area contributed by atoms with Gasteiger partial charge in [-0.25, -0.2) is 4.79 Å². The van der Waals surface area contributed by atoms with Crippen LogP contribution in [0.25, 0.3) is 11.1 Å². The molecule has 0 aliphatic heterocycles. The van der Waals surface area contributed by atoms with Crippen LogP contribution in [-0.4, -0.2) is 22.5 Å². The fourth-order valence-corrected chi connectivity index (χ4v) is 3.63. The van der Waals surface area contributed by atoms with Gasteiger partial charge in [0.05, 0.1) is 0 Å². The summed E-state index contributed by atoms with van der Waals surface area (Å²) in [5, 5.41) is 11.8. The highest BCUT2D eigenvalue weighted by Gasteiger charge is 2.51. The van der Waals surface area contributed by atoms with Gasteiger partial charge in [0.25, 0.3) is 0 Å². The van der Waals surface area contributed by atoms with Crippen molar-refractivity contribution in [1.82, 2.24) is 5.32 Å². The van der Waals surface area contributed by atoms with Crippen LogP contribution in [0.1, 0.15) is 42.4 Å². The van der Waals surface area contributed by atoms with Gasteiger partial charge in [0.2, 0.25) is 5.91 Å². The lowest BCUT2D eigenvalue weighted by Gasteiger charge is -2.12. The zero-order chi connectivity index (χ0) is 17.4. The lowest BCUT2D eigenvalue weighted by Crippen LogP contribution is -2.42. The standard InChI is InChI=1S/C21H21NO3/c23-19(22-21(10-11-21)20(24)25)7-3-4-14-8-9-16-13-15-5-1-2-6-17(15)18(16)12-14/h1-2,5-6,8-9,12H,3-4,7,10-11,13H2,(H,22,23)(H,24,25). The quantitative estimate of drug-likeness (QED) is 0.726. The van der Waals surface area contributed by atoms with E-state index < -0.39 is 11.5 Å². The molecule has 2 aliphatic carbocycles. The first kappa shape index (κ1) is 15.9. The second kappa shape index (κ2) is 6.03. The third kappa shape index (κ3) is 3.04. The number of carboxylic acid groups (broad SMARTS) is 1. The molecule has 0 aromatic heterocycles. The average Bonchev–Trinajstić information content (AvgIpc) is 3.29. The average molecular weight is 335 g/mol. The van der Waals surface area contributed by atoms with E-state index in [4.69, 9.17) is 5.11 Å². The van der Waals surface area contributed by atoms with Crippen molar-refractivity contribution < 1.29 is 14.7 Å². The Hall–Kier alpha value is -2.62. The molecule has 4 heteroatoms. The number of aryl methyl sites for hydroxylation is 1. The van der Waals surface area contributed by atoms with E-state index in [1.165, 1.54) is 27.8 Å². The van der Waals surface area contributed by atoms with Crippen LogP contribution in [0.3, 0.4) is 0 Å². The molecular formula is C21H21NO3. The maximum atomic E-state index is 12.0. The summed E-state index contributed by atoms with van der Waals surface area (Å²) in [4.78, 5) is 23.1. The van der Waals surface area contributed by atoms with Crippen LogP contribution in [0.4, 0.5) is 0 Å². The lowest BCUT2D eigenvalue weighted by atomic mass is 10.00. The van der Waals surface area contributed by atoms with E-state index in [1.807, 2.05) is 0 Å². The minimum Gasteiger partial charge on any atom is -0.480 e. The summed E-state index contributed by atoms with van der Waals surface area (Å²) in [6.07, 6.45) is 3.98. The number of rotatable bonds is 6. The van der Waals surface area contributed by atoms with Crippen LogP contribution in [0.15, 0.2) is 42.5 Å². The van der Waals surface area contributed by atoms with E-state index in [-0.39, 0.29) is 5.91 Å². The van der Waals surface area contributed by atoms with Crippen LogP contribution >= 0.6 is 0 Å². The molecule has 4 nitrogen and oxygen atoms in total. The second-order valence-corrected chi connectivity index (χ2v) is 7.11. The fourth-order valence-electron chi connectivity index (χ4n) is 3.63. The van der Waals surface area contributed by atoms with E-state index >= 15 is 0 Å². The van der Waals surface area contributed by atoms with Crippen molar-refractivity contribution in [1.29, 1.82) is 0 Å². The minimum atomic E-state index is -0.978. The molecule has 0 spiro atoms. The number of hydrogen-bond acceptors (Lipinski definition) is 2. The third-order valence-electron chi connectivity index (χ3n) is 5.27. The zero-order valence-electron chi connectivity index (χ0n) is 14.0. The second-order valence-electron chi connectivity index (χ2n) is 7.11. The minimum absolute atomic E-state index is 0.161. The van der Waals surface area contributed by atoms with Gasteiger partial charge in [-0.2, -0.15) is 0 Å². The van der Waals surface area contributed by atoms with Crippen LogP contribution in [-0.2, 0) is 22.4 Å². The number of carbonyl (C=O) groups excluding carboxylic acids is 1. The van der Waals surface area contributed by atoms with Gasteiger partial charge in [0, 0.05) is 6.42 Å². The first-order valence-corrected chi connectivity index (χ1v) is 8.82. The van der Waals surface area contributed by atoms with Gasteiger partial charge < -0.3 is 10.4 Å². The molecular weight excluding hydrogens is 314 g/mol. The Morgan fingerprint density at radius 2 is 1.80 bits per heavy atom. The molecule has 0 unspecified atom stereocenters. The first-order chi connectivity index (χ1) is 12.1. The molecule has 4 rings (SSSR count). The molecule has 0 radical (unpaired) electrons. The van der Waals surface area contributed by atoms with Gasteiger partial charge in [-0.05, 0) is 59.9 Å². The van der Waals surface area contributed by atoms with Crippen molar-refractivity contribution in [2.75, 3.05) is 0 Å². The molecule has 0 saturated heterocycles. The highest BCUT2D eigenvalue weighted by molar-refractivity contribution is 5.89. The number of amides is 1. The van der Waals surface area contributed by atoms with Gasteiger partial charge in [-0.3, -0.25) is 4.79 Å². The van der Waals surface area contributed by atoms with E-state index in [0.29, 0.717) is 19.3 Å². The highest BCUT2D eigenvalue weighted by atomic mass is 16.4. The third-order valence-corrected chi connectivity index (χ3v) is 5.27. The van der Waals surface area contributed by atoms with Crippen molar-refractivity contribution in [3.05, 3.63) is 59.2 Å². The first-order valence-electron chi connectivity index (χ1n) is 8.82. The highest BCUT2D eigenvalue weighted by Crippen LogP contribution is 2.37. The summed E-state index contributed by atoms with van der Waals surface area (Å²) >= 11 is 0. The molecule has 0 bridgehead atoms. The molecule has 1 amide bonds. The smallest absolute Gasteiger partial charge is 0.329 e. The van der Waals surface area contributed by atoms with E-state index in [9.17, 15) is 9.59 Å². The number of aliphatic carboxylic acids is 1. The predicted molar refractivity (Wildman–Crippen MR) is 95.4 cm³/mol. The van der Waals surface area contributed by atoms with Crippen LogP contribution in [0.5, 0.6) is 0 Å². The Balaban J connectivity index is 1.36. The summed E-state index contributed by atoms with van der Waals surface area (Å²) < 4.78 is 0. The largest absolute Gasteiger partial charge is 0.480 e. The van der Waals surface area contributed by atoms with Crippen molar-refractivity contribution in [2.24, 2.45) is 0 Å². The summed E-state index contributed by atoms with van der Waals surface area (Å²) in [7, 11) is 0. The number of nitrogens with one attached hydrogen (secondary N) is 1. The van der Waals surface area contributed by atoms with Gasteiger partial charge in [0.1, 0.15) is 5.54 Å². The molecule has 2 aromatic rings. The Morgan fingerprint density at radius 1 is 1.04 bits per heavy atom. The normalized spacial score (nSPS) is 16.0. The van der Waals surface area contributed by atoms with E-state index in [1.54, 1.807) is 0 Å². The van der Waals surface area contributed by atoms with Crippen molar-refractivity contribution >= 4 is 11.9 Å². The van der Waals surface area contributed by atoms with Gasteiger partial charge in [-0.1, -0.05) is 42.5 Å². The molecule has 2 N–H and O–H groups in total. The zero-order valence-corrected chi connectivity index (χ0v) is 14.0. The number of carbonyl (C=O) groups is 2. The van der Waals surface area contributed by atoms with Crippen molar-refractivity contribution in [3.8, 4) is 11.1 Å². The van der Waals surface area contributed by atoms with Crippen LogP contribution in [0, 0.1) is 0 Å². The SMILES string of the molecule is O=C(CCCc1ccc2c(c1)-c1ccccc1C2)NC1(C(=O)O)CC1. The maximum absolute atomic E-state index is 12.0. The topological polar surface area (TPSA) is 66.4 Å². The fraction of sp³-hybridized carbons (Fsp3) is 0.333. The number of carboxylic acids is 1. The molecule has 2 aliphatic rings. The Kier molecular flexibility index (Phi) is 3.83. The van der Waals surface area contributed by atoms with Gasteiger partial charge in [-0.15, -0.1) is 0 Å². The maximum Gasteiger partial charge on any atom is 0.329 e. The number of hydrogen-bond donors (Lipinski definition) is 2. The van der Waals surface area contributed by atoms with E-state index in [0.717, 1.165) is 19.3 Å². The number of fused-ring (bicyclic) bond motifs is 3. The Labute approximate surface area is 146 Å². The van der Waals surface area contributed by atoms with E-state index in [2.05, 4.69) is 47.8 Å². The summed E-state index contributed by atoms with van der Waals surface area (Å²) in [5.41, 5.74) is 5.60. The van der Waals surface area contributed by atoms with Gasteiger partial charge >= 0.3 is 5.97 Å². The summed E-state index contributed by atoms with van der Waals surface area (Å²) in [5.74, 6) is -1.08. The molecule has 25 heavy (non-hydrogen) atoms. The van der Waals surface area contributed by atoms with Crippen LogP contribution in [0.2, 0.25) is 0 Å². The molecule has 128 valence electrons. The Bertz CT molecular complexity index is 852. The molecule has 2 aromatic carbocycles.